The maximum atomic E-state index is 12.4. The van der Waals surface area contributed by atoms with Crippen LogP contribution >= 0.6 is 23.2 Å². The molecule has 0 bridgehead atoms. The summed E-state index contributed by atoms with van der Waals surface area (Å²) in [6.07, 6.45) is 1.52. The van der Waals surface area contributed by atoms with Crippen molar-refractivity contribution in [3.05, 3.63) is 70.7 Å². The molecule has 0 aliphatic heterocycles. The minimum Gasteiger partial charge on any atom is -0.420 e. The monoisotopic (exact) mass is 491 g/mol. The van der Waals surface area contributed by atoms with Crippen molar-refractivity contribution in [3.63, 3.8) is 0 Å². The quantitative estimate of drug-likeness (QED) is 0.399. The number of imidazole rings is 1. The van der Waals surface area contributed by atoms with E-state index in [4.69, 9.17) is 27.6 Å². The first kappa shape index (κ1) is 22.0. The second-order valence-corrected chi connectivity index (χ2v) is 9.62. The van der Waals surface area contributed by atoms with Crippen LogP contribution in [-0.4, -0.2) is 40.2 Å². The van der Waals surface area contributed by atoms with Crippen molar-refractivity contribution in [1.82, 2.24) is 20.2 Å². The predicted molar refractivity (Wildman–Crippen MR) is 120 cm³/mol. The smallest absolute Gasteiger partial charge is 0.249 e. The maximum Gasteiger partial charge on any atom is 0.249 e. The van der Waals surface area contributed by atoms with E-state index in [2.05, 4.69) is 25.5 Å². The molecule has 2 heterocycles. The second-order valence-electron chi connectivity index (χ2n) is 6.71. The van der Waals surface area contributed by atoms with Gasteiger partial charge in [0.1, 0.15) is 11.5 Å². The van der Waals surface area contributed by atoms with Gasteiger partial charge in [0.2, 0.25) is 23.6 Å². The average molecular weight is 492 g/mol. The molecular formula is C20H15Cl2N5O4S. The van der Waals surface area contributed by atoms with Gasteiger partial charge in [0.15, 0.2) is 9.84 Å². The second kappa shape index (κ2) is 9.11. The largest absolute Gasteiger partial charge is 0.420 e. The minimum atomic E-state index is -3.88. The number of H-pyrrole nitrogens is 1. The molecule has 0 saturated heterocycles. The Labute approximate surface area is 192 Å². The fourth-order valence-electron chi connectivity index (χ4n) is 2.82. The van der Waals surface area contributed by atoms with E-state index in [0.29, 0.717) is 21.3 Å². The van der Waals surface area contributed by atoms with Gasteiger partial charge in [0.05, 0.1) is 22.5 Å². The number of hydrogen-bond donors (Lipinski definition) is 2. The molecule has 0 radical (unpaired) electrons. The van der Waals surface area contributed by atoms with Crippen LogP contribution in [0.2, 0.25) is 10.0 Å². The Morgan fingerprint density at radius 1 is 1.06 bits per heavy atom. The van der Waals surface area contributed by atoms with E-state index in [1.54, 1.807) is 48.5 Å². The molecular weight excluding hydrogens is 477 g/mol. The lowest BCUT2D eigenvalue weighted by molar-refractivity contribution is -0.113. The molecule has 0 fully saturated rings. The molecule has 0 atom stereocenters. The third kappa shape index (κ3) is 5.34. The number of nitrogens with zero attached hydrogens (tertiary/aromatic N) is 3. The van der Waals surface area contributed by atoms with Gasteiger partial charge in [-0.1, -0.05) is 47.5 Å². The van der Waals surface area contributed by atoms with Gasteiger partial charge < -0.3 is 9.40 Å². The topological polar surface area (TPSA) is 131 Å². The van der Waals surface area contributed by atoms with Crippen molar-refractivity contribution in [3.8, 4) is 22.7 Å². The molecule has 164 valence electrons. The van der Waals surface area contributed by atoms with Gasteiger partial charge in [0, 0.05) is 5.02 Å². The van der Waals surface area contributed by atoms with Crippen LogP contribution in [-0.2, 0) is 20.4 Å². The first-order valence-corrected chi connectivity index (χ1v) is 11.8. The maximum absolute atomic E-state index is 12.4. The fourth-order valence-corrected chi connectivity index (χ4v) is 4.23. The Hall–Kier alpha value is -3.21. The van der Waals surface area contributed by atoms with Crippen LogP contribution in [0.15, 0.2) is 59.1 Å². The number of hydrogen-bond acceptors (Lipinski definition) is 7. The molecule has 32 heavy (non-hydrogen) atoms. The van der Waals surface area contributed by atoms with Crippen LogP contribution in [0.4, 0.5) is 5.95 Å². The third-order valence-corrected chi connectivity index (χ3v) is 6.22. The Kier molecular flexibility index (Phi) is 6.26. The van der Waals surface area contributed by atoms with Crippen LogP contribution in [0.3, 0.4) is 0 Å². The molecule has 2 aromatic carbocycles. The number of amides is 1. The summed E-state index contributed by atoms with van der Waals surface area (Å²) in [7, 11) is -3.88. The van der Waals surface area contributed by atoms with E-state index >= 15 is 0 Å². The van der Waals surface area contributed by atoms with Crippen molar-refractivity contribution in [1.29, 1.82) is 0 Å². The van der Waals surface area contributed by atoms with Crippen molar-refractivity contribution < 1.29 is 17.6 Å². The lowest BCUT2D eigenvalue weighted by atomic mass is 10.2. The summed E-state index contributed by atoms with van der Waals surface area (Å²) in [6, 6.07) is 13.8. The number of benzene rings is 2. The van der Waals surface area contributed by atoms with Crippen molar-refractivity contribution >= 4 is 44.9 Å². The van der Waals surface area contributed by atoms with Gasteiger partial charge in [-0.15, -0.1) is 10.2 Å². The minimum absolute atomic E-state index is 0.0931. The molecule has 4 rings (SSSR count). The van der Waals surface area contributed by atoms with E-state index in [9.17, 15) is 13.2 Å². The highest BCUT2D eigenvalue weighted by Crippen LogP contribution is 2.26. The molecule has 0 saturated carbocycles. The molecule has 2 aromatic heterocycles. The number of nitrogens with one attached hydrogen (secondary N) is 2. The average Bonchev–Trinajstić information content (AvgIpc) is 3.38. The fraction of sp³-hybridized carbons (Fsp3) is 0.100. The first-order chi connectivity index (χ1) is 15.3. The van der Waals surface area contributed by atoms with Crippen molar-refractivity contribution in [2.45, 2.75) is 5.75 Å². The van der Waals surface area contributed by atoms with E-state index in [-0.39, 0.29) is 17.7 Å². The van der Waals surface area contributed by atoms with E-state index in [0.717, 1.165) is 5.56 Å². The van der Waals surface area contributed by atoms with Crippen molar-refractivity contribution in [2.24, 2.45) is 0 Å². The third-order valence-electron chi connectivity index (χ3n) is 4.25. The van der Waals surface area contributed by atoms with E-state index in [1.165, 1.54) is 6.20 Å². The van der Waals surface area contributed by atoms with Crippen molar-refractivity contribution in [2.75, 3.05) is 11.1 Å². The summed E-state index contributed by atoms with van der Waals surface area (Å²) in [5.41, 5.74) is 1.93. The molecule has 2 N–H and O–H groups in total. The molecule has 9 nitrogen and oxygen atoms in total. The number of aromatic nitrogens is 4. The van der Waals surface area contributed by atoms with Crippen LogP contribution in [0.25, 0.3) is 22.7 Å². The van der Waals surface area contributed by atoms with Gasteiger partial charge in [-0.2, -0.15) is 0 Å². The zero-order valence-electron chi connectivity index (χ0n) is 16.2. The van der Waals surface area contributed by atoms with Crippen LogP contribution in [0.5, 0.6) is 0 Å². The van der Waals surface area contributed by atoms with E-state index < -0.39 is 27.3 Å². The molecule has 12 heteroatoms. The highest BCUT2D eigenvalue weighted by molar-refractivity contribution is 7.91. The van der Waals surface area contributed by atoms with E-state index in [1.807, 2.05) is 0 Å². The number of carbonyl (C=O) groups excluding carboxylic acids is 1. The van der Waals surface area contributed by atoms with Gasteiger partial charge >= 0.3 is 0 Å². The number of halogens is 2. The van der Waals surface area contributed by atoms with Gasteiger partial charge in [0.25, 0.3) is 0 Å². The normalized spacial score (nSPS) is 11.4. The van der Waals surface area contributed by atoms with Gasteiger partial charge in [-0.25, -0.2) is 13.4 Å². The number of sulfone groups is 1. The summed E-state index contributed by atoms with van der Waals surface area (Å²) in [6.45, 7) is 0. The Morgan fingerprint density at radius 2 is 1.81 bits per heavy atom. The van der Waals surface area contributed by atoms with Crippen LogP contribution in [0.1, 0.15) is 5.89 Å². The summed E-state index contributed by atoms with van der Waals surface area (Å²) in [5.74, 6) is -2.06. The van der Waals surface area contributed by atoms with Crippen LogP contribution in [0, 0.1) is 0 Å². The Balaban J connectivity index is 1.38. The van der Waals surface area contributed by atoms with Gasteiger partial charge in [-0.05, 0) is 29.8 Å². The summed E-state index contributed by atoms with van der Waals surface area (Å²) in [5, 5.41) is 11.0. The summed E-state index contributed by atoms with van der Waals surface area (Å²) in [4.78, 5) is 19.2. The highest BCUT2D eigenvalue weighted by atomic mass is 35.5. The van der Waals surface area contributed by atoms with Gasteiger partial charge in [-0.3, -0.25) is 10.1 Å². The summed E-state index contributed by atoms with van der Waals surface area (Å²) < 4.78 is 30.2. The molecule has 4 aromatic rings. The summed E-state index contributed by atoms with van der Waals surface area (Å²) >= 11 is 12.0. The lowest BCUT2D eigenvalue weighted by Gasteiger charge is -2.03. The highest BCUT2D eigenvalue weighted by Gasteiger charge is 2.22. The molecule has 0 unspecified atom stereocenters. The first-order valence-electron chi connectivity index (χ1n) is 9.17. The number of rotatable bonds is 7. The lowest BCUT2D eigenvalue weighted by Crippen LogP contribution is -2.24. The standard InChI is InChI=1S/C20H15Cl2N5O4S/c21-13-7-5-12(6-8-13)16-9-23-20(24-16)25-17(28)10-32(29,30)11-18-26-27-19(31-18)14-3-1-2-4-15(14)22/h1-9H,10-11H2,(H2,23,24,25,28). The molecule has 0 aliphatic rings. The SMILES string of the molecule is O=C(CS(=O)(=O)Cc1nnc(-c2ccccc2Cl)o1)Nc1ncc(-c2ccc(Cl)cc2)[nH]1. The Morgan fingerprint density at radius 3 is 2.56 bits per heavy atom. The number of aromatic amines is 1. The molecule has 1 amide bonds. The molecule has 0 spiro atoms. The zero-order valence-corrected chi connectivity index (χ0v) is 18.6. The number of anilines is 1. The zero-order chi connectivity index (χ0) is 22.7. The molecule has 0 aliphatic carbocycles. The predicted octanol–water partition coefficient (Wildman–Crippen LogP) is 3.99. The Bertz CT molecular complexity index is 1370. The van der Waals surface area contributed by atoms with Crippen LogP contribution < -0.4 is 5.32 Å². The number of carbonyl (C=O) groups is 1.